The fourth-order valence-corrected chi connectivity index (χ4v) is 0.975. The van der Waals surface area contributed by atoms with E-state index in [-0.39, 0.29) is 0 Å². The van der Waals surface area contributed by atoms with Crippen molar-refractivity contribution in [3.05, 3.63) is 0 Å². The van der Waals surface area contributed by atoms with Crippen molar-refractivity contribution in [1.29, 1.82) is 0 Å². The third-order valence-corrected chi connectivity index (χ3v) is 2.08. The molecule has 1 aliphatic carbocycles. The van der Waals surface area contributed by atoms with Crippen LogP contribution in [-0.4, -0.2) is 23.4 Å². The Labute approximate surface area is 56.5 Å². The lowest BCUT2D eigenvalue weighted by molar-refractivity contribution is 0.319. The van der Waals surface area contributed by atoms with Gasteiger partial charge in [0, 0.05) is 11.4 Å². The molecule has 0 aromatic heterocycles. The Morgan fingerprint density at radius 3 is 2.25 bits per heavy atom. The van der Waals surface area contributed by atoms with Crippen molar-refractivity contribution in [1.82, 2.24) is 4.90 Å². The molecule has 0 bridgehead atoms. The highest BCUT2D eigenvalue weighted by atomic mass is 32.1. The highest BCUT2D eigenvalue weighted by Crippen LogP contribution is 2.27. The van der Waals surface area contributed by atoms with Crippen LogP contribution in [0.2, 0.25) is 0 Å². The Morgan fingerprint density at radius 2 is 2.12 bits per heavy atom. The minimum atomic E-state index is 0.433. The summed E-state index contributed by atoms with van der Waals surface area (Å²) in [5, 5.41) is 0.433. The highest BCUT2D eigenvalue weighted by Gasteiger charge is 2.27. The van der Waals surface area contributed by atoms with E-state index >= 15 is 0 Å². The van der Waals surface area contributed by atoms with E-state index in [2.05, 4.69) is 31.5 Å². The van der Waals surface area contributed by atoms with E-state index < -0.39 is 0 Å². The van der Waals surface area contributed by atoms with E-state index in [9.17, 15) is 0 Å². The fraction of sp³-hybridized carbons (Fsp3) is 1.00. The van der Waals surface area contributed by atoms with Gasteiger partial charge in [-0.15, -0.1) is 0 Å². The molecule has 1 nitrogen and oxygen atoms in total. The molecule has 1 aliphatic rings. The summed E-state index contributed by atoms with van der Waals surface area (Å²) < 4.78 is 0. The quantitative estimate of drug-likeness (QED) is 0.437. The number of thiol groups is 1. The van der Waals surface area contributed by atoms with Crippen molar-refractivity contribution in [3.8, 4) is 0 Å². The molecule has 0 heterocycles. The minimum Gasteiger partial charge on any atom is -0.292 e. The maximum atomic E-state index is 4.30. The second-order valence-electron chi connectivity index (χ2n) is 2.53. The number of hydrogen-bond donors (Lipinski definition) is 1. The Kier molecular flexibility index (Phi) is 1.83. The van der Waals surface area contributed by atoms with Gasteiger partial charge in [0.15, 0.2) is 0 Å². The summed E-state index contributed by atoms with van der Waals surface area (Å²) in [7, 11) is 2.13. The molecule has 1 atom stereocenters. The predicted molar refractivity (Wildman–Crippen MR) is 39.2 cm³/mol. The number of hydrogen-bond acceptors (Lipinski definition) is 2. The van der Waals surface area contributed by atoms with Gasteiger partial charge in [-0.05, 0) is 26.8 Å². The molecular formula is C6H13NS. The molecule has 0 radical (unpaired) electrons. The minimum absolute atomic E-state index is 0.433. The molecular weight excluding hydrogens is 118 g/mol. The second-order valence-corrected chi connectivity index (χ2v) is 3.28. The van der Waals surface area contributed by atoms with Crippen LogP contribution >= 0.6 is 12.6 Å². The van der Waals surface area contributed by atoms with Crippen LogP contribution in [0, 0.1) is 0 Å². The second kappa shape index (κ2) is 2.28. The summed E-state index contributed by atoms with van der Waals surface area (Å²) in [5.74, 6) is 0. The smallest absolute Gasteiger partial charge is 0.0499 e. The summed E-state index contributed by atoms with van der Waals surface area (Å²) in [6.07, 6.45) is 2.75. The van der Waals surface area contributed by atoms with Crippen molar-refractivity contribution >= 4 is 12.6 Å². The highest BCUT2D eigenvalue weighted by molar-refractivity contribution is 7.80. The van der Waals surface area contributed by atoms with Crippen molar-refractivity contribution in [2.24, 2.45) is 0 Å². The van der Waals surface area contributed by atoms with Gasteiger partial charge in [0.2, 0.25) is 0 Å². The molecule has 48 valence electrons. The Hall–Kier alpha value is 0.310. The van der Waals surface area contributed by atoms with Gasteiger partial charge in [0.1, 0.15) is 0 Å². The van der Waals surface area contributed by atoms with Crippen LogP contribution in [0.4, 0.5) is 0 Å². The van der Waals surface area contributed by atoms with E-state index in [1.807, 2.05) is 0 Å². The maximum absolute atomic E-state index is 4.30. The average Bonchev–Trinajstić information content (AvgIpc) is 2.43. The summed E-state index contributed by atoms with van der Waals surface area (Å²) in [5.41, 5.74) is 0. The molecule has 1 saturated carbocycles. The standard InChI is InChI=1S/C6H13NS/c1-5(8)7(2)6-3-4-6/h5-6,8H,3-4H2,1-2H3. The van der Waals surface area contributed by atoms with Gasteiger partial charge in [-0.1, -0.05) is 0 Å². The summed E-state index contributed by atoms with van der Waals surface area (Å²) in [6.45, 7) is 2.11. The van der Waals surface area contributed by atoms with Crippen LogP contribution < -0.4 is 0 Å². The third-order valence-electron chi connectivity index (χ3n) is 1.71. The average molecular weight is 131 g/mol. The molecule has 0 N–H and O–H groups in total. The molecule has 2 heteroatoms. The topological polar surface area (TPSA) is 3.24 Å². The van der Waals surface area contributed by atoms with Gasteiger partial charge >= 0.3 is 0 Å². The lowest BCUT2D eigenvalue weighted by Crippen LogP contribution is -2.26. The zero-order chi connectivity index (χ0) is 6.15. The first-order chi connectivity index (χ1) is 3.72. The first-order valence-electron chi connectivity index (χ1n) is 3.12. The lowest BCUT2D eigenvalue weighted by Gasteiger charge is -2.18. The van der Waals surface area contributed by atoms with Crippen molar-refractivity contribution in [2.45, 2.75) is 31.2 Å². The Balaban J connectivity index is 2.22. The number of nitrogens with zero attached hydrogens (tertiary/aromatic N) is 1. The monoisotopic (exact) mass is 131 g/mol. The fourth-order valence-electron chi connectivity index (χ4n) is 0.787. The SMILES string of the molecule is CC(S)N(C)C1CC1. The molecule has 1 rings (SSSR count). The molecule has 0 aromatic carbocycles. The molecule has 1 unspecified atom stereocenters. The third kappa shape index (κ3) is 1.39. The van der Waals surface area contributed by atoms with Gasteiger partial charge in [-0.25, -0.2) is 0 Å². The van der Waals surface area contributed by atoms with Crippen LogP contribution in [-0.2, 0) is 0 Å². The molecule has 0 spiro atoms. The Morgan fingerprint density at radius 1 is 1.62 bits per heavy atom. The van der Waals surface area contributed by atoms with Gasteiger partial charge in [-0.3, -0.25) is 4.90 Å². The largest absolute Gasteiger partial charge is 0.292 e. The maximum Gasteiger partial charge on any atom is 0.0499 e. The molecule has 0 saturated heterocycles. The molecule has 0 aliphatic heterocycles. The van der Waals surface area contributed by atoms with Crippen molar-refractivity contribution in [2.75, 3.05) is 7.05 Å². The van der Waals surface area contributed by atoms with Crippen LogP contribution in [0.5, 0.6) is 0 Å². The van der Waals surface area contributed by atoms with E-state index in [0.29, 0.717) is 5.37 Å². The van der Waals surface area contributed by atoms with Crippen molar-refractivity contribution < 1.29 is 0 Å². The van der Waals surface area contributed by atoms with Crippen LogP contribution in [0.25, 0.3) is 0 Å². The van der Waals surface area contributed by atoms with Crippen LogP contribution in [0.3, 0.4) is 0 Å². The molecule has 0 aromatic rings. The molecule has 1 fully saturated rings. The van der Waals surface area contributed by atoms with Gasteiger partial charge in [0.05, 0.1) is 0 Å². The van der Waals surface area contributed by atoms with Gasteiger partial charge in [0.25, 0.3) is 0 Å². The lowest BCUT2D eigenvalue weighted by atomic mass is 10.5. The van der Waals surface area contributed by atoms with E-state index in [4.69, 9.17) is 0 Å². The molecule has 0 amide bonds. The normalized spacial score (nSPS) is 24.0. The Bertz CT molecular complexity index is 76.6. The summed E-state index contributed by atoms with van der Waals surface area (Å²) in [6, 6.07) is 0.850. The zero-order valence-corrected chi connectivity index (χ0v) is 6.36. The summed E-state index contributed by atoms with van der Waals surface area (Å²) >= 11 is 4.30. The van der Waals surface area contributed by atoms with Gasteiger partial charge in [-0.2, -0.15) is 12.6 Å². The predicted octanol–water partition coefficient (Wildman–Crippen LogP) is 1.36. The first-order valence-corrected chi connectivity index (χ1v) is 3.63. The van der Waals surface area contributed by atoms with Gasteiger partial charge < -0.3 is 0 Å². The van der Waals surface area contributed by atoms with E-state index in [0.717, 1.165) is 6.04 Å². The summed E-state index contributed by atoms with van der Waals surface area (Å²) in [4.78, 5) is 2.31. The first kappa shape index (κ1) is 6.43. The van der Waals surface area contributed by atoms with E-state index in [1.165, 1.54) is 12.8 Å². The van der Waals surface area contributed by atoms with Crippen molar-refractivity contribution in [3.63, 3.8) is 0 Å². The zero-order valence-electron chi connectivity index (χ0n) is 5.46. The molecule has 8 heavy (non-hydrogen) atoms. The van der Waals surface area contributed by atoms with Crippen LogP contribution in [0.1, 0.15) is 19.8 Å². The number of rotatable bonds is 2. The van der Waals surface area contributed by atoms with Crippen LogP contribution in [0.15, 0.2) is 0 Å². The van der Waals surface area contributed by atoms with E-state index in [1.54, 1.807) is 0 Å².